The Morgan fingerprint density at radius 3 is 3.14 bits per heavy atom. The van der Waals surface area contributed by atoms with E-state index in [0.717, 1.165) is 26.9 Å². The molecular weight excluding hydrogens is 288 g/mol. The second kappa shape index (κ2) is 4.76. The number of rotatable bonds is 3. The SMILES string of the molecule is OCc1nsc2cc(Nc3n[nH]c4cccnc34)cnc12. The summed E-state index contributed by atoms with van der Waals surface area (Å²) in [6.07, 6.45) is 3.42. The molecule has 0 amide bonds. The summed E-state index contributed by atoms with van der Waals surface area (Å²) in [5, 5.41) is 19.5. The van der Waals surface area contributed by atoms with Crippen molar-refractivity contribution in [1.29, 1.82) is 0 Å². The number of H-pyrrole nitrogens is 1. The minimum Gasteiger partial charge on any atom is -0.390 e. The quantitative estimate of drug-likeness (QED) is 0.536. The monoisotopic (exact) mass is 298 g/mol. The first kappa shape index (κ1) is 12.2. The van der Waals surface area contributed by atoms with Crippen LogP contribution in [-0.4, -0.2) is 29.6 Å². The average molecular weight is 298 g/mol. The number of anilines is 2. The van der Waals surface area contributed by atoms with Gasteiger partial charge in [-0.15, -0.1) is 0 Å². The van der Waals surface area contributed by atoms with E-state index in [0.29, 0.717) is 11.5 Å². The van der Waals surface area contributed by atoms with E-state index < -0.39 is 0 Å². The summed E-state index contributed by atoms with van der Waals surface area (Å²) in [6.45, 7) is -0.103. The van der Waals surface area contributed by atoms with Crippen LogP contribution in [0, 0.1) is 0 Å². The van der Waals surface area contributed by atoms with Gasteiger partial charge in [-0.25, -0.2) is 0 Å². The molecule has 4 heterocycles. The maximum absolute atomic E-state index is 9.19. The zero-order chi connectivity index (χ0) is 14.2. The fraction of sp³-hybridized carbons (Fsp3) is 0.0769. The van der Waals surface area contributed by atoms with Gasteiger partial charge in [0.2, 0.25) is 0 Å². The molecule has 0 fully saturated rings. The van der Waals surface area contributed by atoms with Crippen LogP contribution in [0.5, 0.6) is 0 Å². The Bertz CT molecular complexity index is 931. The third kappa shape index (κ3) is 2.01. The Kier molecular flexibility index (Phi) is 2.76. The molecule has 4 aromatic rings. The van der Waals surface area contributed by atoms with Gasteiger partial charge in [0, 0.05) is 6.20 Å². The van der Waals surface area contributed by atoms with Crippen molar-refractivity contribution in [2.75, 3.05) is 5.32 Å². The second-order valence-corrected chi connectivity index (χ2v) is 5.26. The maximum Gasteiger partial charge on any atom is 0.178 e. The predicted molar refractivity (Wildman–Crippen MR) is 80.5 cm³/mol. The molecule has 0 aromatic carbocycles. The second-order valence-electron chi connectivity index (χ2n) is 4.45. The van der Waals surface area contributed by atoms with Gasteiger partial charge in [-0.05, 0) is 29.7 Å². The number of nitrogens with one attached hydrogen (secondary N) is 2. The molecule has 0 spiro atoms. The first-order valence-corrected chi connectivity index (χ1v) is 7.04. The van der Waals surface area contributed by atoms with E-state index >= 15 is 0 Å². The minimum absolute atomic E-state index is 0.103. The van der Waals surface area contributed by atoms with Gasteiger partial charge in [0.15, 0.2) is 5.82 Å². The molecule has 21 heavy (non-hydrogen) atoms. The van der Waals surface area contributed by atoms with Gasteiger partial charge in [0.25, 0.3) is 0 Å². The highest BCUT2D eigenvalue weighted by molar-refractivity contribution is 7.13. The van der Waals surface area contributed by atoms with Crippen molar-refractivity contribution in [2.24, 2.45) is 0 Å². The van der Waals surface area contributed by atoms with Crippen molar-refractivity contribution >= 4 is 44.3 Å². The molecule has 0 radical (unpaired) electrons. The Labute approximate surface area is 122 Å². The molecule has 0 aliphatic rings. The van der Waals surface area contributed by atoms with Gasteiger partial charge in [-0.3, -0.25) is 15.1 Å². The van der Waals surface area contributed by atoms with E-state index in [1.807, 2.05) is 18.2 Å². The number of aliphatic hydroxyl groups is 1. The van der Waals surface area contributed by atoms with Crippen LogP contribution in [0.1, 0.15) is 5.69 Å². The topological polar surface area (TPSA) is 99.6 Å². The molecule has 0 saturated carbocycles. The van der Waals surface area contributed by atoms with Gasteiger partial charge in [-0.2, -0.15) is 9.47 Å². The first-order valence-electron chi connectivity index (χ1n) is 6.26. The maximum atomic E-state index is 9.19. The fourth-order valence-corrected chi connectivity index (χ4v) is 2.92. The van der Waals surface area contributed by atoms with Crippen LogP contribution in [0.4, 0.5) is 11.5 Å². The van der Waals surface area contributed by atoms with Gasteiger partial charge in [0.1, 0.15) is 16.7 Å². The number of aromatic amines is 1. The van der Waals surface area contributed by atoms with Crippen molar-refractivity contribution in [3.63, 3.8) is 0 Å². The summed E-state index contributed by atoms with van der Waals surface area (Å²) >= 11 is 1.31. The molecule has 0 atom stereocenters. The summed E-state index contributed by atoms with van der Waals surface area (Å²) in [5.74, 6) is 0.652. The zero-order valence-corrected chi connectivity index (χ0v) is 11.6. The molecule has 7 nitrogen and oxygen atoms in total. The molecule has 0 aliphatic heterocycles. The molecule has 8 heteroatoms. The van der Waals surface area contributed by atoms with Crippen LogP contribution in [0.15, 0.2) is 30.6 Å². The van der Waals surface area contributed by atoms with E-state index in [1.54, 1.807) is 12.4 Å². The third-order valence-electron chi connectivity index (χ3n) is 3.11. The van der Waals surface area contributed by atoms with Crippen molar-refractivity contribution in [1.82, 2.24) is 24.5 Å². The van der Waals surface area contributed by atoms with Crippen molar-refractivity contribution in [3.05, 3.63) is 36.3 Å². The number of nitrogens with zero attached hydrogens (tertiary/aromatic N) is 4. The molecule has 0 unspecified atom stereocenters. The Balaban J connectivity index is 1.73. The molecule has 4 rings (SSSR count). The van der Waals surface area contributed by atoms with Gasteiger partial charge >= 0.3 is 0 Å². The lowest BCUT2D eigenvalue weighted by atomic mass is 10.3. The predicted octanol–water partition coefficient (Wildman–Crippen LogP) is 2.20. The molecule has 0 aliphatic carbocycles. The largest absolute Gasteiger partial charge is 0.390 e. The Morgan fingerprint density at radius 2 is 2.24 bits per heavy atom. The molecule has 104 valence electrons. The summed E-state index contributed by atoms with van der Waals surface area (Å²) in [4.78, 5) is 8.64. The Morgan fingerprint density at radius 1 is 1.29 bits per heavy atom. The number of pyridine rings is 2. The normalized spacial score (nSPS) is 11.3. The average Bonchev–Trinajstić information content (AvgIpc) is 3.11. The molecule has 4 aromatic heterocycles. The molecule has 0 bridgehead atoms. The van der Waals surface area contributed by atoms with Crippen molar-refractivity contribution in [3.8, 4) is 0 Å². The highest BCUT2D eigenvalue weighted by Gasteiger charge is 2.10. The highest BCUT2D eigenvalue weighted by Crippen LogP contribution is 2.26. The molecule has 0 saturated heterocycles. The summed E-state index contributed by atoms with van der Waals surface area (Å²) in [7, 11) is 0. The van der Waals surface area contributed by atoms with Crippen LogP contribution in [0.2, 0.25) is 0 Å². The van der Waals surface area contributed by atoms with E-state index in [9.17, 15) is 5.11 Å². The lowest BCUT2D eigenvalue weighted by Crippen LogP contribution is -1.93. The smallest absolute Gasteiger partial charge is 0.178 e. The van der Waals surface area contributed by atoms with E-state index in [4.69, 9.17) is 0 Å². The molecule has 3 N–H and O–H groups in total. The standard InChI is InChI=1S/C13H10N6OS/c20-6-9-11-10(21-19-9)4-7(5-15-11)16-13-12-8(17-18-13)2-1-3-14-12/h1-5,20H,6H2,(H2,16,17,18). The first-order chi connectivity index (χ1) is 10.3. The summed E-state index contributed by atoms with van der Waals surface area (Å²) < 4.78 is 5.08. The molecular formula is C13H10N6OS. The van der Waals surface area contributed by atoms with Crippen molar-refractivity contribution in [2.45, 2.75) is 6.61 Å². The highest BCUT2D eigenvalue weighted by atomic mass is 32.1. The Hall–Kier alpha value is -2.58. The van der Waals surface area contributed by atoms with Crippen LogP contribution in [0.25, 0.3) is 21.3 Å². The zero-order valence-electron chi connectivity index (χ0n) is 10.7. The van der Waals surface area contributed by atoms with E-state index in [2.05, 4.69) is 29.9 Å². The number of aliphatic hydroxyl groups excluding tert-OH is 1. The van der Waals surface area contributed by atoms with E-state index in [1.165, 1.54) is 11.5 Å². The fourth-order valence-electron chi connectivity index (χ4n) is 2.13. The summed E-state index contributed by atoms with van der Waals surface area (Å²) in [6, 6.07) is 5.70. The van der Waals surface area contributed by atoms with Gasteiger partial charge < -0.3 is 10.4 Å². The van der Waals surface area contributed by atoms with Gasteiger partial charge in [-0.1, -0.05) is 0 Å². The van der Waals surface area contributed by atoms with Crippen molar-refractivity contribution < 1.29 is 5.11 Å². The lowest BCUT2D eigenvalue weighted by molar-refractivity contribution is 0.279. The number of fused-ring (bicyclic) bond motifs is 2. The number of aromatic nitrogens is 5. The number of hydrogen-bond donors (Lipinski definition) is 3. The van der Waals surface area contributed by atoms with Crippen LogP contribution in [-0.2, 0) is 6.61 Å². The van der Waals surface area contributed by atoms with Crippen LogP contribution in [0.3, 0.4) is 0 Å². The van der Waals surface area contributed by atoms with Gasteiger partial charge in [0.05, 0.1) is 28.7 Å². The van der Waals surface area contributed by atoms with E-state index in [-0.39, 0.29) is 6.61 Å². The van der Waals surface area contributed by atoms with Crippen LogP contribution < -0.4 is 5.32 Å². The van der Waals surface area contributed by atoms with Crippen LogP contribution >= 0.6 is 11.5 Å². The number of hydrogen-bond acceptors (Lipinski definition) is 7. The lowest BCUT2D eigenvalue weighted by Gasteiger charge is -2.02. The summed E-state index contributed by atoms with van der Waals surface area (Å²) in [5.41, 5.74) is 3.79. The minimum atomic E-state index is -0.103. The third-order valence-corrected chi connectivity index (χ3v) is 3.93.